The molecule has 1 nitrogen and oxygen atoms in total. The van der Waals surface area contributed by atoms with Gasteiger partial charge in [0, 0.05) is 20.3 Å². The molecule has 0 saturated heterocycles. The quantitative estimate of drug-likeness (QED) is 0.407. The molecule has 0 aliphatic carbocycles. The Hall–Kier alpha value is -0.770. The first-order valence-electron chi connectivity index (χ1n) is 3.50. The van der Waals surface area contributed by atoms with Crippen molar-refractivity contribution in [2.75, 3.05) is 0 Å². The molecule has 0 unspecified atom stereocenters. The van der Waals surface area contributed by atoms with Crippen molar-refractivity contribution in [2.24, 2.45) is 0 Å². The maximum absolute atomic E-state index is 6.85. The van der Waals surface area contributed by atoms with E-state index in [2.05, 4.69) is 24.8 Å². The first kappa shape index (κ1) is 9.23. The zero-order chi connectivity index (χ0) is 8.20. The minimum Gasteiger partial charge on any atom is -0.311 e. The van der Waals surface area contributed by atoms with Crippen LogP contribution in [0.5, 0.6) is 0 Å². The smallest absolute Gasteiger partial charge is 0.230 e. The monoisotopic (exact) mass is 137 g/mol. The van der Waals surface area contributed by atoms with Crippen molar-refractivity contribution in [3.63, 3.8) is 0 Å². The van der Waals surface area contributed by atoms with Gasteiger partial charge in [0.1, 0.15) is 0 Å². The number of allylic oxidation sites excluding steroid dienone is 1. The van der Waals surface area contributed by atoms with E-state index in [1.54, 1.807) is 0 Å². The van der Waals surface area contributed by atoms with E-state index < -0.39 is 0 Å². The highest BCUT2D eigenvalue weighted by Gasteiger charge is 2.19. The van der Waals surface area contributed by atoms with Crippen molar-refractivity contribution < 1.29 is 0 Å². The molecule has 56 valence electrons. The van der Waals surface area contributed by atoms with Crippen LogP contribution >= 0.6 is 0 Å². The second-order valence-corrected chi connectivity index (χ2v) is 3.41. The second kappa shape index (κ2) is 3.41. The third-order valence-corrected chi connectivity index (χ3v) is 1.31. The van der Waals surface area contributed by atoms with Crippen LogP contribution < -0.4 is 0 Å². The highest BCUT2D eigenvalue weighted by Crippen LogP contribution is 2.15. The first-order valence-corrected chi connectivity index (χ1v) is 3.50. The lowest BCUT2D eigenvalue weighted by Gasteiger charge is -2.06. The van der Waals surface area contributed by atoms with Crippen molar-refractivity contribution in [1.29, 1.82) is 0 Å². The van der Waals surface area contributed by atoms with Gasteiger partial charge in [-0.2, -0.15) is 0 Å². The molecule has 10 heavy (non-hydrogen) atoms. The SMILES string of the molecule is [C-]#[N+]C(C)(C)CC=C(C)C. The molecule has 0 spiro atoms. The maximum atomic E-state index is 6.85. The van der Waals surface area contributed by atoms with Crippen molar-refractivity contribution in [3.8, 4) is 0 Å². The molecule has 0 heterocycles. The molecule has 0 aliphatic rings. The Morgan fingerprint density at radius 1 is 1.50 bits per heavy atom. The van der Waals surface area contributed by atoms with Gasteiger partial charge in [-0.1, -0.05) is 11.6 Å². The Balaban J connectivity index is 3.94. The number of hydrogen-bond acceptors (Lipinski definition) is 0. The molecule has 0 N–H and O–H groups in total. The average molecular weight is 137 g/mol. The number of hydrogen-bond donors (Lipinski definition) is 0. The van der Waals surface area contributed by atoms with E-state index in [1.807, 2.05) is 13.8 Å². The van der Waals surface area contributed by atoms with Gasteiger partial charge in [0.2, 0.25) is 5.54 Å². The summed E-state index contributed by atoms with van der Waals surface area (Å²) in [4.78, 5) is 3.50. The van der Waals surface area contributed by atoms with Crippen LogP contribution in [0.4, 0.5) is 0 Å². The van der Waals surface area contributed by atoms with Gasteiger partial charge in [-0.3, -0.25) is 0 Å². The zero-order valence-electron chi connectivity index (χ0n) is 7.23. The van der Waals surface area contributed by atoms with Crippen LogP contribution in [0.3, 0.4) is 0 Å². The van der Waals surface area contributed by atoms with Crippen LogP contribution in [0.25, 0.3) is 4.85 Å². The number of nitrogens with zero attached hydrogens (tertiary/aromatic N) is 1. The summed E-state index contributed by atoms with van der Waals surface area (Å²) in [7, 11) is 0. The van der Waals surface area contributed by atoms with Crippen LogP contribution in [-0.4, -0.2) is 5.54 Å². The van der Waals surface area contributed by atoms with Gasteiger partial charge in [-0.25, -0.2) is 6.57 Å². The molecule has 0 aromatic carbocycles. The molecular formula is C9H15N. The van der Waals surface area contributed by atoms with Crippen LogP contribution in [0.15, 0.2) is 11.6 Å². The van der Waals surface area contributed by atoms with E-state index in [1.165, 1.54) is 5.57 Å². The van der Waals surface area contributed by atoms with Gasteiger partial charge in [0.25, 0.3) is 0 Å². The van der Waals surface area contributed by atoms with E-state index in [-0.39, 0.29) is 5.54 Å². The molecule has 0 saturated carbocycles. The van der Waals surface area contributed by atoms with Gasteiger partial charge >= 0.3 is 0 Å². The summed E-state index contributed by atoms with van der Waals surface area (Å²) in [5, 5.41) is 0. The maximum Gasteiger partial charge on any atom is 0.230 e. The lowest BCUT2D eigenvalue weighted by Crippen LogP contribution is -2.11. The molecule has 0 bridgehead atoms. The third kappa shape index (κ3) is 4.14. The van der Waals surface area contributed by atoms with E-state index in [9.17, 15) is 0 Å². The topological polar surface area (TPSA) is 4.36 Å². The predicted octanol–water partition coefficient (Wildman–Crippen LogP) is 3.04. The summed E-state index contributed by atoms with van der Waals surface area (Å²) in [6.07, 6.45) is 2.97. The highest BCUT2D eigenvalue weighted by molar-refractivity contribution is 5.02. The normalized spacial score (nSPS) is 10.3. The van der Waals surface area contributed by atoms with Crippen molar-refractivity contribution >= 4 is 0 Å². The van der Waals surface area contributed by atoms with E-state index >= 15 is 0 Å². The van der Waals surface area contributed by atoms with Gasteiger partial charge in [-0.05, 0) is 13.8 Å². The standard InChI is InChI=1S/C9H15N/c1-8(2)6-7-9(3,4)10-5/h6H,7H2,1-4H3. The van der Waals surface area contributed by atoms with Crippen LogP contribution in [0.2, 0.25) is 0 Å². The summed E-state index contributed by atoms with van der Waals surface area (Å²) < 4.78 is 0. The number of rotatable bonds is 2. The summed E-state index contributed by atoms with van der Waals surface area (Å²) in [5.41, 5.74) is 1.08. The highest BCUT2D eigenvalue weighted by atomic mass is 14.8. The summed E-state index contributed by atoms with van der Waals surface area (Å²) >= 11 is 0. The molecular weight excluding hydrogens is 122 g/mol. The molecule has 0 aliphatic heterocycles. The fourth-order valence-electron chi connectivity index (χ4n) is 0.500. The molecule has 0 aromatic rings. The molecule has 0 aromatic heterocycles. The zero-order valence-corrected chi connectivity index (χ0v) is 7.23. The molecule has 0 atom stereocenters. The van der Waals surface area contributed by atoms with Gasteiger partial charge in [0.15, 0.2) is 0 Å². The summed E-state index contributed by atoms with van der Waals surface area (Å²) in [6, 6.07) is 0. The lowest BCUT2D eigenvalue weighted by molar-refractivity contribution is 0.621. The minimum absolute atomic E-state index is 0.211. The van der Waals surface area contributed by atoms with Crippen molar-refractivity contribution in [2.45, 2.75) is 39.7 Å². The summed E-state index contributed by atoms with van der Waals surface area (Å²) in [6.45, 7) is 14.9. The fourth-order valence-corrected chi connectivity index (χ4v) is 0.500. The van der Waals surface area contributed by atoms with Crippen LogP contribution in [0.1, 0.15) is 34.1 Å². The molecule has 1 heteroatoms. The first-order chi connectivity index (χ1) is 4.48. The Kier molecular flexibility index (Phi) is 3.15. The van der Waals surface area contributed by atoms with Crippen LogP contribution in [-0.2, 0) is 0 Å². The molecule has 0 amide bonds. The van der Waals surface area contributed by atoms with Crippen molar-refractivity contribution in [3.05, 3.63) is 23.1 Å². The Bertz CT molecular complexity index is 166. The average Bonchev–Trinajstić information content (AvgIpc) is 1.85. The van der Waals surface area contributed by atoms with Gasteiger partial charge < -0.3 is 4.85 Å². The Labute approximate surface area is 63.6 Å². The molecule has 0 fully saturated rings. The van der Waals surface area contributed by atoms with Crippen LogP contribution in [0, 0.1) is 6.57 Å². The predicted molar refractivity (Wildman–Crippen MR) is 44.7 cm³/mol. The van der Waals surface area contributed by atoms with E-state index in [4.69, 9.17) is 6.57 Å². The lowest BCUT2D eigenvalue weighted by atomic mass is 10.0. The largest absolute Gasteiger partial charge is 0.311 e. The molecule has 0 rings (SSSR count). The minimum atomic E-state index is -0.211. The van der Waals surface area contributed by atoms with E-state index in [0.29, 0.717) is 0 Å². The summed E-state index contributed by atoms with van der Waals surface area (Å²) in [5.74, 6) is 0. The fraction of sp³-hybridized carbons (Fsp3) is 0.667. The van der Waals surface area contributed by atoms with Gasteiger partial charge in [-0.15, -0.1) is 0 Å². The Morgan fingerprint density at radius 2 is 2.00 bits per heavy atom. The van der Waals surface area contributed by atoms with Crippen molar-refractivity contribution in [1.82, 2.24) is 0 Å². The van der Waals surface area contributed by atoms with Gasteiger partial charge in [0.05, 0.1) is 0 Å². The second-order valence-electron chi connectivity index (χ2n) is 3.41. The van der Waals surface area contributed by atoms with E-state index in [0.717, 1.165) is 6.42 Å². The Morgan fingerprint density at radius 3 is 2.30 bits per heavy atom. The molecule has 0 radical (unpaired) electrons. The third-order valence-electron chi connectivity index (χ3n) is 1.31.